The molecule has 1 aromatic carbocycles. The molecule has 0 saturated heterocycles. The van der Waals surface area contributed by atoms with Crippen molar-refractivity contribution in [2.45, 2.75) is 13.0 Å². The first-order chi connectivity index (χ1) is 8.90. The molecule has 0 aliphatic rings. The predicted molar refractivity (Wildman–Crippen MR) is 67.4 cm³/mol. The van der Waals surface area contributed by atoms with Gasteiger partial charge in [-0.1, -0.05) is 12.1 Å². The van der Waals surface area contributed by atoms with Crippen LogP contribution in [0, 0.1) is 10.1 Å². The van der Waals surface area contributed by atoms with Crippen molar-refractivity contribution in [1.29, 1.82) is 0 Å². The highest BCUT2D eigenvalue weighted by atomic mass is 16.6. The number of nitro benzene ring substituents is 1. The molecular formula is C12H12N2O5. The average molecular weight is 264 g/mol. The van der Waals surface area contributed by atoms with E-state index in [0.29, 0.717) is 5.56 Å². The second-order valence-electron chi connectivity index (χ2n) is 3.75. The number of carbonyl (C=O) groups is 2. The van der Waals surface area contributed by atoms with Gasteiger partial charge in [0, 0.05) is 18.2 Å². The fraction of sp³-hybridized carbons (Fsp3) is 0.167. The highest BCUT2D eigenvalue weighted by Gasteiger charge is 2.11. The van der Waals surface area contributed by atoms with Crippen LogP contribution in [0.15, 0.2) is 30.3 Å². The van der Waals surface area contributed by atoms with Crippen molar-refractivity contribution in [2.24, 2.45) is 0 Å². The van der Waals surface area contributed by atoms with Gasteiger partial charge in [-0.15, -0.1) is 0 Å². The Hall–Kier alpha value is -2.70. The quantitative estimate of drug-likeness (QED) is 0.471. The number of carboxylic acid groups (broad SMARTS) is 1. The van der Waals surface area contributed by atoms with E-state index in [4.69, 9.17) is 5.11 Å². The van der Waals surface area contributed by atoms with E-state index in [0.717, 1.165) is 6.08 Å². The molecule has 1 atom stereocenters. The van der Waals surface area contributed by atoms with Gasteiger partial charge in [-0.3, -0.25) is 19.7 Å². The van der Waals surface area contributed by atoms with Crippen molar-refractivity contribution < 1.29 is 19.6 Å². The van der Waals surface area contributed by atoms with E-state index in [1.807, 2.05) is 0 Å². The summed E-state index contributed by atoms with van der Waals surface area (Å²) in [6.45, 7) is 1.33. The summed E-state index contributed by atoms with van der Waals surface area (Å²) < 4.78 is 0. The minimum Gasteiger partial charge on any atom is -0.480 e. The SMILES string of the molecule is C[C@@H](NC(=O)C=Cc1cccc([N+](=O)[O-])c1)C(=O)O. The van der Waals surface area contributed by atoms with Crippen molar-refractivity contribution in [2.75, 3.05) is 0 Å². The van der Waals surface area contributed by atoms with Crippen molar-refractivity contribution in [3.8, 4) is 0 Å². The van der Waals surface area contributed by atoms with Crippen LogP contribution in [-0.2, 0) is 9.59 Å². The van der Waals surface area contributed by atoms with E-state index < -0.39 is 22.8 Å². The van der Waals surface area contributed by atoms with Gasteiger partial charge in [0.05, 0.1) is 4.92 Å². The van der Waals surface area contributed by atoms with Gasteiger partial charge in [0.2, 0.25) is 5.91 Å². The van der Waals surface area contributed by atoms with Gasteiger partial charge in [0.25, 0.3) is 5.69 Å². The second kappa shape index (κ2) is 6.29. The zero-order valence-electron chi connectivity index (χ0n) is 10.1. The summed E-state index contributed by atoms with van der Waals surface area (Å²) in [6.07, 6.45) is 2.50. The molecule has 0 bridgehead atoms. The third-order valence-electron chi connectivity index (χ3n) is 2.24. The molecule has 19 heavy (non-hydrogen) atoms. The predicted octanol–water partition coefficient (Wildman–Crippen LogP) is 1.20. The fourth-order valence-corrected chi connectivity index (χ4v) is 1.24. The van der Waals surface area contributed by atoms with Crippen LogP contribution in [0.3, 0.4) is 0 Å². The van der Waals surface area contributed by atoms with Crippen molar-refractivity contribution in [3.63, 3.8) is 0 Å². The lowest BCUT2D eigenvalue weighted by atomic mass is 10.2. The molecule has 0 fully saturated rings. The maximum Gasteiger partial charge on any atom is 0.325 e. The lowest BCUT2D eigenvalue weighted by Gasteiger charge is -2.05. The zero-order chi connectivity index (χ0) is 14.4. The van der Waals surface area contributed by atoms with E-state index in [1.165, 1.54) is 31.2 Å². The molecule has 7 heteroatoms. The first-order valence-corrected chi connectivity index (χ1v) is 5.36. The minimum absolute atomic E-state index is 0.0820. The lowest BCUT2D eigenvalue weighted by molar-refractivity contribution is -0.384. The number of hydrogen-bond donors (Lipinski definition) is 2. The third-order valence-corrected chi connectivity index (χ3v) is 2.24. The molecule has 1 amide bonds. The Morgan fingerprint density at radius 3 is 2.74 bits per heavy atom. The summed E-state index contributed by atoms with van der Waals surface area (Å²) in [4.78, 5) is 31.9. The van der Waals surface area contributed by atoms with E-state index in [-0.39, 0.29) is 5.69 Å². The molecule has 7 nitrogen and oxygen atoms in total. The normalized spacial score (nSPS) is 12.1. The number of nitrogens with one attached hydrogen (secondary N) is 1. The molecule has 0 aliphatic carbocycles. The van der Waals surface area contributed by atoms with E-state index >= 15 is 0 Å². The maximum atomic E-state index is 11.4. The summed E-state index contributed by atoms with van der Waals surface area (Å²) in [5, 5.41) is 21.4. The van der Waals surface area contributed by atoms with Gasteiger partial charge in [-0.2, -0.15) is 0 Å². The number of benzene rings is 1. The summed E-state index contributed by atoms with van der Waals surface area (Å²) in [6, 6.07) is 4.74. The Morgan fingerprint density at radius 2 is 2.16 bits per heavy atom. The van der Waals surface area contributed by atoms with Gasteiger partial charge in [0.15, 0.2) is 0 Å². The van der Waals surface area contributed by atoms with Crippen LogP contribution in [-0.4, -0.2) is 27.9 Å². The molecule has 2 N–H and O–H groups in total. The molecule has 1 rings (SSSR count). The standard InChI is InChI=1S/C12H12N2O5/c1-8(12(16)17)13-11(15)6-5-9-3-2-4-10(7-9)14(18)19/h2-8H,1H3,(H,13,15)(H,16,17)/t8-/m1/s1. The third kappa shape index (κ3) is 4.58. The first-order valence-electron chi connectivity index (χ1n) is 5.36. The largest absolute Gasteiger partial charge is 0.480 e. The van der Waals surface area contributed by atoms with Crippen LogP contribution < -0.4 is 5.32 Å². The minimum atomic E-state index is -1.14. The summed E-state index contributed by atoms with van der Waals surface area (Å²) >= 11 is 0. The average Bonchev–Trinajstić information content (AvgIpc) is 2.36. The Bertz CT molecular complexity index is 539. The molecule has 1 aromatic rings. The molecule has 100 valence electrons. The van der Waals surface area contributed by atoms with Crippen molar-refractivity contribution in [1.82, 2.24) is 5.32 Å². The van der Waals surface area contributed by atoms with Crippen LogP contribution in [0.25, 0.3) is 6.08 Å². The molecule has 0 unspecified atom stereocenters. The highest BCUT2D eigenvalue weighted by molar-refractivity contribution is 5.94. The number of aliphatic carboxylic acids is 1. The topological polar surface area (TPSA) is 110 Å². The van der Waals surface area contributed by atoms with E-state index in [2.05, 4.69) is 5.32 Å². The van der Waals surface area contributed by atoms with Gasteiger partial charge in [-0.25, -0.2) is 0 Å². The Balaban J connectivity index is 2.71. The Labute approximate surface area is 108 Å². The van der Waals surface area contributed by atoms with Gasteiger partial charge in [-0.05, 0) is 18.6 Å². The maximum absolute atomic E-state index is 11.4. The number of nitrogens with zero attached hydrogens (tertiary/aromatic N) is 1. The number of carboxylic acids is 1. The monoisotopic (exact) mass is 264 g/mol. The van der Waals surface area contributed by atoms with Gasteiger partial charge < -0.3 is 10.4 Å². The summed E-state index contributed by atoms with van der Waals surface area (Å²) in [5.74, 6) is -1.72. The Kier molecular flexibility index (Phi) is 4.76. The van der Waals surface area contributed by atoms with Crippen LogP contribution >= 0.6 is 0 Å². The first kappa shape index (κ1) is 14.4. The van der Waals surface area contributed by atoms with Gasteiger partial charge >= 0.3 is 5.97 Å². The van der Waals surface area contributed by atoms with Crippen LogP contribution in [0.4, 0.5) is 5.69 Å². The van der Waals surface area contributed by atoms with Crippen molar-refractivity contribution in [3.05, 3.63) is 46.0 Å². The fourth-order valence-electron chi connectivity index (χ4n) is 1.24. The molecule has 0 radical (unpaired) electrons. The van der Waals surface area contributed by atoms with Gasteiger partial charge in [0.1, 0.15) is 6.04 Å². The van der Waals surface area contributed by atoms with Crippen molar-refractivity contribution >= 4 is 23.6 Å². The summed E-state index contributed by atoms with van der Waals surface area (Å²) in [5.41, 5.74) is 0.397. The smallest absolute Gasteiger partial charge is 0.325 e. The zero-order valence-corrected chi connectivity index (χ0v) is 10.1. The van der Waals surface area contributed by atoms with E-state index in [9.17, 15) is 19.7 Å². The Morgan fingerprint density at radius 1 is 1.47 bits per heavy atom. The second-order valence-corrected chi connectivity index (χ2v) is 3.75. The molecule has 0 heterocycles. The highest BCUT2D eigenvalue weighted by Crippen LogP contribution is 2.13. The number of nitro groups is 1. The van der Waals surface area contributed by atoms with Crippen LogP contribution in [0.5, 0.6) is 0 Å². The number of amides is 1. The molecule has 0 saturated carbocycles. The molecule has 0 aromatic heterocycles. The summed E-state index contributed by atoms with van der Waals surface area (Å²) in [7, 11) is 0. The number of carbonyl (C=O) groups excluding carboxylic acids is 1. The molecule has 0 spiro atoms. The van der Waals surface area contributed by atoms with Crippen LogP contribution in [0.2, 0.25) is 0 Å². The number of rotatable bonds is 5. The number of hydrogen-bond acceptors (Lipinski definition) is 4. The molecular weight excluding hydrogens is 252 g/mol. The number of non-ortho nitro benzene ring substituents is 1. The molecule has 0 aliphatic heterocycles. The van der Waals surface area contributed by atoms with Crippen LogP contribution in [0.1, 0.15) is 12.5 Å². The van der Waals surface area contributed by atoms with E-state index in [1.54, 1.807) is 6.07 Å². The lowest BCUT2D eigenvalue weighted by Crippen LogP contribution is -2.37.